The Morgan fingerprint density at radius 2 is 2.06 bits per heavy atom. The van der Waals surface area contributed by atoms with Crippen molar-refractivity contribution in [3.8, 4) is 5.75 Å². The number of phenols is 1. The zero-order valence-corrected chi connectivity index (χ0v) is 9.80. The molecule has 5 nitrogen and oxygen atoms in total. The van der Waals surface area contributed by atoms with Crippen LogP contribution < -0.4 is 5.32 Å². The summed E-state index contributed by atoms with van der Waals surface area (Å²) in [7, 11) is 0. The molecule has 1 aromatic heterocycles. The maximum atomic E-state index is 9.18. The molecule has 0 aliphatic rings. The summed E-state index contributed by atoms with van der Waals surface area (Å²) in [5.74, 6) is 0.278. The smallest absolute Gasteiger partial charge is 0.115 e. The number of nitrogens with one attached hydrogen (secondary N) is 1. The second-order valence-corrected chi connectivity index (χ2v) is 3.85. The van der Waals surface area contributed by atoms with E-state index in [1.54, 1.807) is 16.8 Å². The van der Waals surface area contributed by atoms with Gasteiger partial charge in [-0.25, -0.2) is 4.68 Å². The molecule has 0 saturated heterocycles. The van der Waals surface area contributed by atoms with E-state index < -0.39 is 0 Å². The second-order valence-electron chi connectivity index (χ2n) is 3.85. The first kappa shape index (κ1) is 11.6. The van der Waals surface area contributed by atoms with Crippen LogP contribution in [0.25, 0.3) is 0 Å². The van der Waals surface area contributed by atoms with Gasteiger partial charge in [-0.1, -0.05) is 24.3 Å². The quantitative estimate of drug-likeness (QED) is 0.811. The van der Waals surface area contributed by atoms with Gasteiger partial charge in [0.1, 0.15) is 5.75 Å². The molecule has 2 rings (SSSR count). The van der Waals surface area contributed by atoms with E-state index in [1.807, 2.05) is 18.3 Å². The van der Waals surface area contributed by atoms with Gasteiger partial charge in [0.2, 0.25) is 0 Å². The number of aromatic hydroxyl groups is 1. The third-order valence-electron chi connectivity index (χ3n) is 2.42. The van der Waals surface area contributed by atoms with Crippen molar-refractivity contribution in [2.75, 3.05) is 6.54 Å². The van der Waals surface area contributed by atoms with Crippen LogP contribution in [0.2, 0.25) is 0 Å². The van der Waals surface area contributed by atoms with Crippen molar-refractivity contribution in [3.63, 3.8) is 0 Å². The zero-order chi connectivity index (χ0) is 12.1. The predicted molar refractivity (Wildman–Crippen MR) is 64.6 cm³/mol. The van der Waals surface area contributed by atoms with Crippen LogP contribution in [0.4, 0.5) is 0 Å². The minimum Gasteiger partial charge on any atom is -0.508 e. The van der Waals surface area contributed by atoms with E-state index in [-0.39, 0.29) is 5.75 Å². The van der Waals surface area contributed by atoms with Crippen molar-refractivity contribution >= 4 is 0 Å². The molecule has 5 heteroatoms. The molecule has 1 heterocycles. The third-order valence-corrected chi connectivity index (χ3v) is 2.42. The van der Waals surface area contributed by atoms with Gasteiger partial charge in [0.25, 0.3) is 0 Å². The lowest BCUT2D eigenvalue weighted by atomic mass is 10.2. The predicted octanol–water partition coefficient (Wildman–Crippen LogP) is 1.14. The summed E-state index contributed by atoms with van der Waals surface area (Å²) >= 11 is 0. The van der Waals surface area contributed by atoms with Crippen LogP contribution in [0.15, 0.2) is 30.5 Å². The molecule has 2 N–H and O–H groups in total. The molecule has 17 heavy (non-hydrogen) atoms. The monoisotopic (exact) mass is 232 g/mol. The average Bonchev–Trinajstić information content (AvgIpc) is 2.77. The second kappa shape index (κ2) is 5.45. The first-order chi connectivity index (χ1) is 8.28. The maximum absolute atomic E-state index is 9.18. The standard InChI is InChI=1S/C12H16N4O/c1-2-13-7-11-9-16(15-14-11)8-10-3-5-12(17)6-4-10/h3-6,9,13,17H,2,7-8H2,1H3. The van der Waals surface area contributed by atoms with Crippen molar-refractivity contribution in [2.24, 2.45) is 0 Å². The first-order valence-electron chi connectivity index (χ1n) is 5.65. The van der Waals surface area contributed by atoms with Gasteiger partial charge >= 0.3 is 0 Å². The Bertz CT molecular complexity index is 464. The fourth-order valence-electron chi connectivity index (χ4n) is 1.54. The van der Waals surface area contributed by atoms with Crippen LogP contribution in [0.1, 0.15) is 18.2 Å². The Morgan fingerprint density at radius 3 is 2.76 bits per heavy atom. The molecule has 0 aliphatic heterocycles. The Hall–Kier alpha value is -1.88. The highest BCUT2D eigenvalue weighted by Gasteiger charge is 2.01. The molecule has 0 atom stereocenters. The molecule has 0 amide bonds. The Morgan fingerprint density at radius 1 is 1.29 bits per heavy atom. The van der Waals surface area contributed by atoms with Crippen LogP contribution in [0.5, 0.6) is 5.75 Å². The van der Waals surface area contributed by atoms with Gasteiger partial charge in [-0.05, 0) is 24.2 Å². The van der Waals surface area contributed by atoms with Gasteiger partial charge in [0.05, 0.1) is 18.4 Å². The van der Waals surface area contributed by atoms with Crippen LogP contribution in [-0.2, 0) is 13.1 Å². The molecule has 0 fully saturated rings. The SMILES string of the molecule is CCNCc1cn(Cc2ccc(O)cc2)nn1. The molecule has 0 unspecified atom stereocenters. The lowest BCUT2D eigenvalue weighted by molar-refractivity contribution is 0.475. The molecule has 0 bridgehead atoms. The summed E-state index contributed by atoms with van der Waals surface area (Å²) in [6, 6.07) is 7.10. The van der Waals surface area contributed by atoms with Gasteiger partial charge in [0.15, 0.2) is 0 Å². The summed E-state index contributed by atoms with van der Waals surface area (Å²) in [6.07, 6.45) is 1.93. The molecule has 0 radical (unpaired) electrons. The van der Waals surface area contributed by atoms with Crippen LogP contribution in [0.3, 0.4) is 0 Å². The number of hydrogen-bond donors (Lipinski definition) is 2. The van der Waals surface area contributed by atoms with Gasteiger partial charge in [-0.2, -0.15) is 0 Å². The van der Waals surface area contributed by atoms with Gasteiger partial charge in [0, 0.05) is 6.54 Å². The summed E-state index contributed by atoms with van der Waals surface area (Å²) in [6.45, 7) is 4.39. The van der Waals surface area contributed by atoms with Gasteiger partial charge in [-0.15, -0.1) is 5.10 Å². The molecule has 1 aromatic carbocycles. The number of aromatic nitrogens is 3. The van der Waals surface area contributed by atoms with Crippen LogP contribution in [0, 0.1) is 0 Å². The topological polar surface area (TPSA) is 63.0 Å². The van der Waals surface area contributed by atoms with E-state index in [0.29, 0.717) is 6.54 Å². The minimum absolute atomic E-state index is 0.278. The summed E-state index contributed by atoms with van der Waals surface area (Å²) in [5, 5.41) is 20.5. The van der Waals surface area contributed by atoms with E-state index in [2.05, 4.69) is 22.6 Å². The number of phenolic OH excluding ortho intramolecular Hbond substituents is 1. The highest BCUT2D eigenvalue weighted by atomic mass is 16.3. The van der Waals surface area contributed by atoms with Crippen LogP contribution >= 0.6 is 0 Å². The third kappa shape index (κ3) is 3.29. The highest BCUT2D eigenvalue weighted by molar-refractivity contribution is 5.25. The largest absolute Gasteiger partial charge is 0.508 e. The molecular formula is C12H16N4O. The van der Waals surface area contributed by atoms with Crippen molar-refractivity contribution in [2.45, 2.75) is 20.0 Å². The molecule has 0 spiro atoms. The highest BCUT2D eigenvalue weighted by Crippen LogP contribution is 2.10. The number of hydrogen-bond acceptors (Lipinski definition) is 4. The van der Waals surface area contributed by atoms with E-state index >= 15 is 0 Å². The normalized spacial score (nSPS) is 10.6. The number of benzene rings is 1. The summed E-state index contributed by atoms with van der Waals surface area (Å²) in [4.78, 5) is 0. The van der Waals surface area contributed by atoms with Crippen molar-refractivity contribution in [3.05, 3.63) is 41.7 Å². The Kier molecular flexibility index (Phi) is 3.72. The molecular weight excluding hydrogens is 216 g/mol. The molecule has 90 valence electrons. The first-order valence-corrected chi connectivity index (χ1v) is 5.65. The van der Waals surface area contributed by atoms with Crippen molar-refractivity contribution < 1.29 is 5.11 Å². The minimum atomic E-state index is 0.278. The van der Waals surface area contributed by atoms with Gasteiger partial charge in [-0.3, -0.25) is 0 Å². The maximum Gasteiger partial charge on any atom is 0.115 e. The van der Waals surface area contributed by atoms with Crippen molar-refractivity contribution in [1.29, 1.82) is 0 Å². The summed E-state index contributed by atoms with van der Waals surface area (Å²) < 4.78 is 1.79. The van der Waals surface area contributed by atoms with E-state index in [9.17, 15) is 5.11 Å². The fraction of sp³-hybridized carbons (Fsp3) is 0.333. The average molecular weight is 232 g/mol. The molecule has 0 saturated carbocycles. The van der Waals surface area contributed by atoms with Gasteiger partial charge < -0.3 is 10.4 Å². The fourth-order valence-corrected chi connectivity index (χ4v) is 1.54. The number of nitrogens with zero attached hydrogens (tertiary/aromatic N) is 3. The van der Waals surface area contributed by atoms with E-state index in [0.717, 1.165) is 24.3 Å². The Balaban J connectivity index is 1.98. The lowest BCUT2D eigenvalue weighted by Gasteiger charge is -2.00. The van der Waals surface area contributed by atoms with Crippen molar-refractivity contribution in [1.82, 2.24) is 20.3 Å². The molecule has 2 aromatic rings. The lowest BCUT2D eigenvalue weighted by Crippen LogP contribution is -2.11. The zero-order valence-electron chi connectivity index (χ0n) is 9.80. The van der Waals surface area contributed by atoms with E-state index in [4.69, 9.17) is 0 Å². The van der Waals surface area contributed by atoms with Crippen LogP contribution in [-0.4, -0.2) is 26.6 Å². The molecule has 0 aliphatic carbocycles. The number of rotatable bonds is 5. The van der Waals surface area contributed by atoms with E-state index in [1.165, 1.54) is 0 Å². The Labute approximate surface area is 100 Å². The summed E-state index contributed by atoms with van der Waals surface area (Å²) in [5.41, 5.74) is 2.02.